The predicted octanol–water partition coefficient (Wildman–Crippen LogP) is 3.76. The SMILES string of the molecule is CCc1cnc(CNC(=NC)NCc2oc3ccc(F)cc3c2C)s1. The molecule has 2 aromatic heterocycles. The maximum Gasteiger partial charge on any atom is 0.191 e. The van der Waals surface area contributed by atoms with E-state index >= 15 is 0 Å². The molecular formula is C18H21FN4OS. The Morgan fingerprint density at radius 2 is 2.12 bits per heavy atom. The summed E-state index contributed by atoms with van der Waals surface area (Å²) in [5.74, 6) is 1.17. The number of rotatable bonds is 5. The van der Waals surface area contributed by atoms with Gasteiger partial charge in [-0.15, -0.1) is 11.3 Å². The van der Waals surface area contributed by atoms with Crippen LogP contribution in [0.2, 0.25) is 0 Å². The molecule has 0 bridgehead atoms. The van der Waals surface area contributed by atoms with E-state index in [0.29, 0.717) is 24.6 Å². The predicted molar refractivity (Wildman–Crippen MR) is 99.4 cm³/mol. The molecule has 0 saturated heterocycles. The highest BCUT2D eigenvalue weighted by Gasteiger charge is 2.12. The van der Waals surface area contributed by atoms with E-state index in [0.717, 1.165) is 28.1 Å². The average Bonchev–Trinajstić information content (AvgIpc) is 3.20. The van der Waals surface area contributed by atoms with Crippen LogP contribution in [0.5, 0.6) is 0 Å². The standard InChI is InChI=1S/C18H21FN4OS/c1-4-13-8-21-17(25-13)10-23-18(20-3)22-9-16-11(2)14-7-12(19)5-6-15(14)24-16/h5-8H,4,9-10H2,1-3H3,(H2,20,22,23). The van der Waals surface area contributed by atoms with Crippen molar-refractivity contribution in [2.24, 2.45) is 4.99 Å². The topological polar surface area (TPSA) is 62.5 Å². The summed E-state index contributed by atoms with van der Waals surface area (Å²) in [6, 6.07) is 4.56. The van der Waals surface area contributed by atoms with Gasteiger partial charge in [0.25, 0.3) is 0 Å². The lowest BCUT2D eigenvalue weighted by molar-refractivity contribution is 0.534. The molecule has 0 atom stereocenters. The molecule has 7 heteroatoms. The molecule has 0 aliphatic rings. The zero-order valence-corrected chi connectivity index (χ0v) is 15.3. The summed E-state index contributed by atoms with van der Waals surface area (Å²) < 4.78 is 19.2. The van der Waals surface area contributed by atoms with E-state index in [9.17, 15) is 4.39 Å². The highest BCUT2D eigenvalue weighted by atomic mass is 32.1. The van der Waals surface area contributed by atoms with Gasteiger partial charge < -0.3 is 15.1 Å². The van der Waals surface area contributed by atoms with Gasteiger partial charge in [-0.2, -0.15) is 0 Å². The van der Waals surface area contributed by atoms with Crippen LogP contribution in [0.3, 0.4) is 0 Å². The van der Waals surface area contributed by atoms with E-state index in [1.165, 1.54) is 17.0 Å². The van der Waals surface area contributed by atoms with Gasteiger partial charge in [-0.05, 0) is 31.5 Å². The zero-order valence-electron chi connectivity index (χ0n) is 14.5. The third-order valence-electron chi connectivity index (χ3n) is 3.99. The molecule has 132 valence electrons. The number of nitrogens with zero attached hydrogens (tertiary/aromatic N) is 2. The summed E-state index contributed by atoms with van der Waals surface area (Å²) in [7, 11) is 1.72. The first-order chi connectivity index (χ1) is 12.1. The molecule has 25 heavy (non-hydrogen) atoms. The number of aromatic nitrogens is 1. The van der Waals surface area contributed by atoms with E-state index in [1.54, 1.807) is 24.5 Å². The van der Waals surface area contributed by atoms with Crippen molar-refractivity contribution in [3.63, 3.8) is 0 Å². The Kier molecular flexibility index (Phi) is 5.33. The van der Waals surface area contributed by atoms with Crippen molar-refractivity contribution < 1.29 is 8.81 Å². The maximum atomic E-state index is 13.4. The Bertz CT molecular complexity index is 900. The average molecular weight is 360 g/mol. The van der Waals surface area contributed by atoms with Gasteiger partial charge in [-0.1, -0.05) is 6.92 Å². The Hall–Kier alpha value is -2.41. The molecule has 2 N–H and O–H groups in total. The van der Waals surface area contributed by atoms with Crippen molar-refractivity contribution in [2.45, 2.75) is 33.4 Å². The molecule has 0 fully saturated rings. The van der Waals surface area contributed by atoms with Crippen molar-refractivity contribution in [1.82, 2.24) is 15.6 Å². The molecule has 3 aromatic rings. The van der Waals surface area contributed by atoms with Crippen LogP contribution >= 0.6 is 11.3 Å². The smallest absolute Gasteiger partial charge is 0.191 e. The highest BCUT2D eigenvalue weighted by Crippen LogP contribution is 2.25. The first-order valence-corrected chi connectivity index (χ1v) is 8.98. The van der Waals surface area contributed by atoms with Crippen LogP contribution in [-0.4, -0.2) is 18.0 Å². The first-order valence-electron chi connectivity index (χ1n) is 8.16. The number of halogens is 1. The van der Waals surface area contributed by atoms with Gasteiger partial charge in [-0.25, -0.2) is 9.37 Å². The lowest BCUT2D eigenvalue weighted by Gasteiger charge is -2.10. The van der Waals surface area contributed by atoms with Crippen LogP contribution in [0.15, 0.2) is 33.8 Å². The van der Waals surface area contributed by atoms with Crippen LogP contribution in [0.25, 0.3) is 11.0 Å². The number of furan rings is 1. The van der Waals surface area contributed by atoms with Crippen molar-refractivity contribution in [3.05, 3.63) is 51.4 Å². The van der Waals surface area contributed by atoms with E-state index < -0.39 is 0 Å². The molecule has 0 unspecified atom stereocenters. The number of hydrogen-bond donors (Lipinski definition) is 2. The van der Waals surface area contributed by atoms with Gasteiger partial charge in [0.1, 0.15) is 22.2 Å². The largest absolute Gasteiger partial charge is 0.459 e. The molecule has 5 nitrogen and oxygen atoms in total. The molecule has 0 amide bonds. The number of guanidine groups is 1. The van der Waals surface area contributed by atoms with Gasteiger partial charge in [0.05, 0.1) is 13.1 Å². The number of nitrogens with one attached hydrogen (secondary N) is 2. The number of benzene rings is 1. The third kappa shape index (κ3) is 3.99. The number of hydrogen-bond acceptors (Lipinski definition) is 4. The van der Waals surface area contributed by atoms with Gasteiger partial charge >= 0.3 is 0 Å². The lowest BCUT2D eigenvalue weighted by atomic mass is 10.1. The van der Waals surface area contributed by atoms with Crippen molar-refractivity contribution >= 4 is 28.3 Å². The highest BCUT2D eigenvalue weighted by molar-refractivity contribution is 7.11. The van der Waals surface area contributed by atoms with Crippen LogP contribution in [-0.2, 0) is 19.5 Å². The van der Waals surface area contributed by atoms with Gasteiger partial charge in [0.15, 0.2) is 5.96 Å². The number of fused-ring (bicyclic) bond motifs is 1. The molecule has 0 aliphatic carbocycles. The fraction of sp³-hybridized carbons (Fsp3) is 0.333. The Labute approximate surface area is 150 Å². The summed E-state index contributed by atoms with van der Waals surface area (Å²) in [5, 5.41) is 8.29. The Balaban J connectivity index is 1.62. The second kappa shape index (κ2) is 7.65. The minimum absolute atomic E-state index is 0.261. The van der Waals surface area contributed by atoms with Crippen LogP contribution < -0.4 is 10.6 Å². The molecular weight excluding hydrogens is 339 g/mol. The molecule has 1 aromatic carbocycles. The summed E-state index contributed by atoms with van der Waals surface area (Å²) in [5.41, 5.74) is 1.62. The second-order valence-corrected chi connectivity index (χ2v) is 6.84. The third-order valence-corrected chi connectivity index (χ3v) is 5.14. The molecule has 0 radical (unpaired) electrons. The fourth-order valence-corrected chi connectivity index (χ4v) is 3.35. The van der Waals surface area contributed by atoms with Crippen LogP contribution in [0.4, 0.5) is 4.39 Å². The minimum Gasteiger partial charge on any atom is -0.459 e. The summed E-state index contributed by atoms with van der Waals surface area (Å²) >= 11 is 1.70. The quantitative estimate of drug-likeness (QED) is 0.537. The lowest BCUT2D eigenvalue weighted by Crippen LogP contribution is -2.36. The van der Waals surface area contributed by atoms with Crippen molar-refractivity contribution in [1.29, 1.82) is 0 Å². The second-order valence-electron chi connectivity index (χ2n) is 5.64. The van der Waals surface area contributed by atoms with Gasteiger partial charge in [-0.3, -0.25) is 4.99 Å². The molecule has 0 aliphatic heterocycles. The summed E-state index contributed by atoms with van der Waals surface area (Å²) in [6.07, 6.45) is 2.91. The summed E-state index contributed by atoms with van der Waals surface area (Å²) in [6.45, 7) is 5.14. The molecule has 3 rings (SSSR count). The van der Waals surface area contributed by atoms with Crippen molar-refractivity contribution in [2.75, 3.05) is 7.05 Å². The maximum absolute atomic E-state index is 13.4. The number of thiazole rings is 1. The van der Waals surface area contributed by atoms with Crippen LogP contribution in [0.1, 0.15) is 28.1 Å². The van der Waals surface area contributed by atoms with E-state index in [4.69, 9.17) is 4.42 Å². The monoisotopic (exact) mass is 360 g/mol. The number of aryl methyl sites for hydroxylation is 2. The van der Waals surface area contributed by atoms with E-state index in [-0.39, 0.29) is 5.82 Å². The number of aliphatic imine (C=N–C) groups is 1. The normalized spacial score (nSPS) is 11.9. The van der Waals surface area contributed by atoms with Gasteiger partial charge in [0.2, 0.25) is 0 Å². The molecule has 0 spiro atoms. The van der Waals surface area contributed by atoms with Gasteiger partial charge in [0, 0.05) is 29.1 Å². The first kappa shape index (κ1) is 17.4. The Morgan fingerprint density at radius 1 is 1.32 bits per heavy atom. The molecule has 2 heterocycles. The Morgan fingerprint density at radius 3 is 2.84 bits per heavy atom. The van der Waals surface area contributed by atoms with Crippen LogP contribution in [0, 0.1) is 12.7 Å². The molecule has 0 saturated carbocycles. The van der Waals surface area contributed by atoms with E-state index in [1.807, 2.05) is 13.1 Å². The minimum atomic E-state index is -0.261. The fourth-order valence-electron chi connectivity index (χ4n) is 2.55. The zero-order chi connectivity index (χ0) is 17.8. The summed E-state index contributed by atoms with van der Waals surface area (Å²) in [4.78, 5) is 9.86. The van der Waals surface area contributed by atoms with E-state index in [2.05, 4.69) is 27.5 Å². The van der Waals surface area contributed by atoms with Crippen molar-refractivity contribution in [3.8, 4) is 0 Å².